The second-order valence-corrected chi connectivity index (χ2v) is 17.4. The van der Waals surface area contributed by atoms with Gasteiger partial charge in [0.15, 0.2) is 11.6 Å². The quantitative estimate of drug-likeness (QED) is 0.159. The second-order valence-electron chi connectivity index (χ2n) is 17.4. The molecule has 6 aromatic heterocycles. The van der Waals surface area contributed by atoms with Gasteiger partial charge in [-0.15, -0.1) is 0 Å². The van der Waals surface area contributed by atoms with E-state index in [-0.39, 0.29) is 0 Å². The maximum atomic E-state index is 5.27. The minimum Gasteiger partial charge on any atom is -0.309 e. The van der Waals surface area contributed by atoms with Crippen LogP contribution in [-0.2, 0) is 0 Å². The van der Waals surface area contributed by atoms with Crippen molar-refractivity contribution in [1.29, 1.82) is 0 Å². The van der Waals surface area contributed by atoms with Crippen LogP contribution in [0.4, 0.5) is 0 Å². The first kappa shape index (κ1) is 38.7. The van der Waals surface area contributed by atoms with Crippen LogP contribution in [0.1, 0.15) is 0 Å². The highest BCUT2D eigenvalue weighted by atomic mass is 15.1. The average Bonchev–Trinajstić information content (AvgIpc) is 4.06. The molecule has 14 rings (SSSR count). The van der Waals surface area contributed by atoms with E-state index in [0.717, 1.165) is 105 Å². The summed E-state index contributed by atoms with van der Waals surface area (Å²) in [6.45, 7) is 0. The Kier molecular flexibility index (Phi) is 8.72. The number of benzene rings is 8. The molecule has 14 aromatic rings. The molecule has 0 aliphatic carbocycles. The first-order chi connectivity index (χ1) is 34.2. The molecule has 0 spiro atoms. The number of fused-ring (bicyclic) bond motifs is 9. The minimum atomic E-state index is 0.643. The lowest BCUT2D eigenvalue weighted by Crippen LogP contribution is -2.02. The lowest BCUT2D eigenvalue weighted by molar-refractivity contribution is 1.05. The fourth-order valence-corrected chi connectivity index (χ4v) is 10.3. The number of para-hydroxylation sites is 3. The Labute approximate surface area is 395 Å². The number of hydrogen-bond donors (Lipinski definition) is 0. The summed E-state index contributed by atoms with van der Waals surface area (Å²) in [5.41, 5.74) is 14.3. The van der Waals surface area contributed by atoms with E-state index in [0.29, 0.717) is 11.6 Å². The van der Waals surface area contributed by atoms with Crippen LogP contribution in [-0.4, -0.2) is 38.6 Å². The summed E-state index contributed by atoms with van der Waals surface area (Å²) in [5, 5.41) is 6.92. The molecule has 6 heterocycles. The van der Waals surface area contributed by atoms with Crippen LogP contribution in [0.5, 0.6) is 0 Å². The molecule has 0 aliphatic heterocycles. The lowest BCUT2D eigenvalue weighted by atomic mass is 10.1. The zero-order valence-corrected chi connectivity index (χ0v) is 37.0. The summed E-state index contributed by atoms with van der Waals surface area (Å²) in [4.78, 5) is 25.0. The van der Waals surface area contributed by atoms with E-state index in [4.69, 9.17) is 19.9 Å². The summed E-state index contributed by atoms with van der Waals surface area (Å²) >= 11 is 0. The molecule has 8 heteroatoms. The molecule has 0 saturated heterocycles. The molecular weight excluding hydrogens is 845 g/mol. The van der Waals surface area contributed by atoms with Crippen molar-refractivity contribution in [2.75, 3.05) is 0 Å². The average molecular weight is 883 g/mol. The normalized spacial score (nSPS) is 11.8. The van der Waals surface area contributed by atoms with Gasteiger partial charge in [0.25, 0.3) is 0 Å². The van der Waals surface area contributed by atoms with E-state index >= 15 is 0 Å². The Hall–Kier alpha value is -9.53. The summed E-state index contributed by atoms with van der Waals surface area (Å²) in [6.07, 6.45) is 5.71. The summed E-state index contributed by atoms with van der Waals surface area (Å²) < 4.78 is 6.93. The number of pyridine rings is 1. The van der Waals surface area contributed by atoms with Crippen molar-refractivity contribution in [2.24, 2.45) is 0 Å². The SMILES string of the molecule is c1ccc(-c2cc(-n3c4ccccc4c4ccc(-c5nccc(-c6ccc7c(c6)c6ccccc6n7-c6ccc7c(c6)c6ccncc6n7-c6ccccc6)n5)cc43)nc(-c3ccccc3)n2)cc1. The van der Waals surface area contributed by atoms with Crippen molar-refractivity contribution in [1.82, 2.24) is 38.6 Å². The van der Waals surface area contributed by atoms with Crippen LogP contribution >= 0.6 is 0 Å². The van der Waals surface area contributed by atoms with Gasteiger partial charge >= 0.3 is 0 Å². The van der Waals surface area contributed by atoms with Gasteiger partial charge in [0.05, 0.1) is 50.7 Å². The maximum Gasteiger partial charge on any atom is 0.162 e. The summed E-state index contributed by atoms with van der Waals surface area (Å²) in [5.74, 6) is 2.09. The van der Waals surface area contributed by atoms with Crippen molar-refractivity contribution in [2.45, 2.75) is 0 Å². The van der Waals surface area contributed by atoms with E-state index in [1.54, 1.807) is 0 Å². The van der Waals surface area contributed by atoms with Gasteiger partial charge in [0.2, 0.25) is 0 Å². The van der Waals surface area contributed by atoms with Gasteiger partial charge in [0, 0.05) is 84.4 Å². The van der Waals surface area contributed by atoms with E-state index in [2.05, 4.69) is 189 Å². The minimum absolute atomic E-state index is 0.643. The number of aromatic nitrogens is 8. The fourth-order valence-electron chi connectivity index (χ4n) is 10.3. The van der Waals surface area contributed by atoms with Gasteiger partial charge in [-0.2, -0.15) is 0 Å². The molecule has 69 heavy (non-hydrogen) atoms. The number of rotatable bonds is 7. The summed E-state index contributed by atoms with van der Waals surface area (Å²) in [7, 11) is 0. The van der Waals surface area contributed by atoms with Gasteiger partial charge in [-0.1, -0.05) is 133 Å². The first-order valence-corrected chi connectivity index (χ1v) is 23.1. The van der Waals surface area contributed by atoms with Gasteiger partial charge in [-0.25, -0.2) is 19.9 Å². The van der Waals surface area contributed by atoms with E-state index in [1.165, 1.54) is 10.8 Å². The summed E-state index contributed by atoms with van der Waals surface area (Å²) in [6, 6.07) is 74.4. The van der Waals surface area contributed by atoms with Crippen molar-refractivity contribution >= 4 is 65.4 Å². The zero-order valence-electron chi connectivity index (χ0n) is 37.0. The molecule has 0 unspecified atom stereocenters. The van der Waals surface area contributed by atoms with Gasteiger partial charge in [-0.05, 0) is 72.8 Å². The largest absolute Gasteiger partial charge is 0.309 e. The van der Waals surface area contributed by atoms with Crippen LogP contribution < -0.4 is 0 Å². The highest BCUT2D eigenvalue weighted by molar-refractivity contribution is 6.13. The zero-order chi connectivity index (χ0) is 45.4. The monoisotopic (exact) mass is 882 g/mol. The Balaban J connectivity index is 0.889. The molecule has 0 bridgehead atoms. The van der Waals surface area contributed by atoms with Crippen LogP contribution in [0.2, 0.25) is 0 Å². The fraction of sp³-hybridized carbons (Fsp3) is 0. The standard InChI is InChI=1S/C61H38N8/c1-4-14-39(15-5-1)52-37-59(66-61(65-52)40-16-6-2-7-17-40)69-54-23-13-10-20-45(54)47-27-24-42(35-57(47)69)60-63-33-31-51(64-60)41-25-28-55-49(34-41)46-21-11-12-22-53(46)68(55)44-26-29-56-50(36-44)48-30-32-62-38-58(48)67(56)43-18-8-3-9-19-43/h1-38H. The molecule has 0 amide bonds. The Morgan fingerprint density at radius 1 is 0.290 bits per heavy atom. The number of nitrogens with zero attached hydrogens (tertiary/aromatic N) is 8. The van der Waals surface area contributed by atoms with Crippen LogP contribution in [0.15, 0.2) is 231 Å². The van der Waals surface area contributed by atoms with Crippen LogP contribution in [0, 0.1) is 0 Å². The van der Waals surface area contributed by atoms with Gasteiger partial charge in [-0.3, -0.25) is 9.55 Å². The lowest BCUT2D eigenvalue weighted by Gasteiger charge is -2.12. The van der Waals surface area contributed by atoms with Crippen LogP contribution in [0.25, 0.3) is 128 Å². The third-order valence-electron chi connectivity index (χ3n) is 13.4. The molecule has 322 valence electrons. The molecule has 8 nitrogen and oxygen atoms in total. The molecule has 0 saturated carbocycles. The predicted molar refractivity (Wildman–Crippen MR) is 280 cm³/mol. The maximum absolute atomic E-state index is 5.27. The molecule has 0 aliphatic rings. The smallest absolute Gasteiger partial charge is 0.162 e. The van der Waals surface area contributed by atoms with Crippen molar-refractivity contribution in [3.05, 3.63) is 231 Å². The molecule has 0 N–H and O–H groups in total. The van der Waals surface area contributed by atoms with E-state index < -0.39 is 0 Å². The molecule has 0 fully saturated rings. The van der Waals surface area contributed by atoms with Crippen molar-refractivity contribution < 1.29 is 0 Å². The topological polar surface area (TPSA) is 79.2 Å². The predicted octanol–water partition coefficient (Wildman–Crippen LogP) is 14.6. The van der Waals surface area contributed by atoms with Gasteiger partial charge < -0.3 is 9.13 Å². The van der Waals surface area contributed by atoms with E-state index in [9.17, 15) is 0 Å². The third kappa shape index (κ3) is 6.27. The first-order valence-electron chi connectivity index (χ1n) is 23.1. The second kappa shape index (κ2) is 15.5. The molecule has 0 atom stereocenters. The Bertz CT molecular complexity index is 4250. The number of hydrogen-bond acceptors (Lipinski definition) is 5. The van der Waals surface area contributed by atoms with E-state index in [1.807, 2.05) is 61.1 Å². The highest BCUT2D eigenvalue weighted by Gasteiger charge is 2.20. The van der Waals surface area contributed by atoms with Crippen LogP contribution in [0.3, 0.4) is 0 Å². The highest BCUT2D eigenvalue weighted by Crippen LogP contribution is 2.39. The Morgan fingerprint density at radius 3 is 1.68 bits per heavy atom. The Morgan fingerprint density at radius 2 is 0.884 bits per heavy atom. The molecule has 8 aromatic carbocycles. The van der Waals surface area contributed by atoms with Crippen molar-refractivity contribution in [3.8, 4) is 62.5 Å². The molecular formula is C61H38N8. The third-order valence-corrected chi connectivity index (χ3v) is 13.4. The van der Waals surface area contributed by atoms with Crippen molar-refractivity contribution in [3.63, 3.8) is 0 Å². The molecule has 0 radical (unpaired) electrons. The van der Waals surface area contributed by atoms with Gasteiger partial charge in [0.1, 0.15) is 5.82 Å².